The van der Waals surface area contributed by atoms with Crippen molar-refractivity contribution < 1.29 is 28.7 Å². The molecule has 0 spiro atoms. The Morgan fingerprint density at radius 3 is 1.50 bits per heavy atom. The average Bonchev–Trinajstić information content (AvgIpc) is 2.24. The molecule has 1 aromatic carbocycles. The van der Waals surface area contributed by atoms with Crippen LogP contribution < -0.4 is 19.6 Å². The zero-order chi connectivity index (χ0) is 15.6. The van der Waals surface area contributed by atoms with Crippen LogP contribution in [0, 0.1) is 0 Å². The van der Waals surface area contributed by atoms with Crippen molar-refractivity contribution >= 4 is 38.7 Å². The minimum atomic E-state index is -5.53. The summed E-state index contributed by atoms with van der Waals surface area (Å²) in [6.07, 6.45) is 0. The van der Waals surface area contributed by atoms with Gasteiger partial charge in [-0.3, -0.25) is 0 Å². The first-order valence-electron chi connectivity index (χ1n) is 5.47. The zero-order valence-electron chi connectivity index (χ0n) is 10.6. The maximum Gasteiger partial charge on any atom is 0.0644 e. The number of rotatable bonds is 6. The maximum absolute atomic E-state index is 10.9. The van der Waals surface area contributed by atoms with E-state index < -0.39 is 19.9 Å². The summed E-state index contributed by atoms with van der Waals surface area (Å²) in [5.41, 5.74) is 0. The Hall–Kier alpha value is 0.220. The molecule has 0 atom stereocenters. The molecule has 0 aromatic heterocycles. The molecule has 0 bridgehead atoms. The Labute approximate surface area is 125 Å². The standard InChI is InChI=1S/C10H16O6P2S2/c1-7(2)19-8-3-5-9(6-4-8)20-10(17(11,12)13)18(14,15)16/h3-7,10H,1-2H3,(H2,11,12,13)(H2,14,15,16)/p-4. The van der Waals surface area contributed by atoms with Gasteiger partial charge >= 0.3 is 0 Å². The van der Waals surface area contributed by atoms with Crippen LogP contribution in [0.4, 0.5) is 0 Å². The van der Waals surface area contributed by atoms with Crippen molar-refractivity contribution in [1.29, 1.82) is 0 Å². The molecule has 1 rings (SSSR count). The molecule has 114 valence electrons. The third kappa shape index (κ3) is 5.92. The van der Waals surface area contributed by atoms with E-state index in [-0.39, 0.29) is 16.7 Å². The van der Waals surface area contributed by atoms with Crippen molar-refractivity contribution in [2.24, 2.45) is 0 Å². The van der Waals surface area contributed by atoms with Crippen molar-refractivity contribution in [3.63, 3.8) is 0 Å². The van der Waals surface area contributed by atoms with Crippen LogP contribution in [-0.4, -0.2) is 9.98 Å². The third-order valence-corrected chi connectivity index (χ3v) is 8.71. The number of thioether (sulfide) groups is 2. The monoisotopic (exact) mass is 354 g/mol. The molecule has 0 saturated carbocycles. The molecular formula is C10H12O6P2S2-4. The molecule has 0 amide bonds. The summed E-state index contributed by atoms with van der Waals surface area (Å²) >= 11 is 1.82. The third-order valence-electron chi connectivity index (χ3n) is 1.98. The highest BCUT2D eigenvalue weighted by Gasteiger charge is 2.18. The van der Waals surface area contributed by atoms with E-state index in [0.717, 1.165) is 4.90 Å². The molecule has 0 radical (unpaired) electrons. The van der Waals surface area contributed by atoms with E-state index in [2.05, 4.69) is 0 Å². The van der Waals surface area contributed by atoms with Gasteiger partial charge in [-0.05, 0) is 39.5 Å². The number of benzene rings is 1. The highest BCUT2D eigenvalue weighted by Crippen LogP contribution is 2.57. The average molecular weight is 354 g/mol. The molecule has 10 heteroatoms. The minimum Gasteiger partial charge on any atom is -0.810 e. The fraction of sp³-hybridized carbons (Fsp3) is 0.400. The van der Waals surface area contributed by atoms with Gasteiger partial charge in [-0.2, -0.15) is 0 Å². The Morgan fingerprint density at radius 2 is 1.20 bits per heavy atom. The fourth-order valence-electron chi connectivity index (χ4n) is 1.29. The molecule has 0 unspecified atom stereocenters. The first kappa shape index (κ1) is 18.3. The van der Waals surface area contributed by atoms with Crippen molar-refractivity contribution in [3.8, 4) is 0 Å². The van der Waals surface area contributed by atoms with E-state index in [0.29, 0.717) is 5.25 Å². The highest BCUT2D eigenvalue weighted by molar-refractivity contribution is 8.11. The molecule has 0 N–H and O–H groups in total. The molecule has 20 heavy (non-hydrogen) atoms. The van der Waals surface area contributed by atoms with Crippen LogP contribution in [0.3, 0.4) is 0 Å². The molecule has 0 heterocycles. The maximum atomic E-state index is 10.9. The SMILES string of the molecule is CC(C)Sc1ccc(SC(P(=O)([O-])[O-])P(=O)([O-])[O-])cc1. The van der Waals surface area contributed by atoms with Gasteiger partial charge in [-0.1, -0.05) is 13.8 Å². The van der Waals surface area contributed by atoms with Gasteiger partial charge in [0.15, 0.2) is 0 Å². The molecule has 0 aliphatic carbocycles. The molecule has 0 saturated heterocycles. The minimum absolute atomic E-state index is 0.238. The molecule has 6 nitrogen and oxygen atoms in total. The summed E-state index contributed by atoms with van der Waals surface area (Å²) in [6, 6.07) is 6.30. The lowest BCUT2D eigenvalue weighted by molar-refractivity contribution is -0.326. The lowest BCUT2D eigenvalue weighted by Crippen LogP contribution is -2.31. The predicted molar refractivity (Wildman–Crippen MR) is 72.3 cm³/mol. The van der Waals surface area contributed by atoms with Gasteiger partial charge in [0.2, 0.25) is 0 Å². The first-order valence-corrected chi connectivity index (χ1v) is 10.5. The van der Waals surface area contributed by atoms with Crippen LogP contribution in [0.2, 0.25) is 0 Å². The molecular weight excluding hydrogens is 342 g/mol. The van der Waals surface area contributed by atoms with E-state index in [1.54, 1.807) is 23.9 Å². The van der Waals surface area contributed by atoms with E-state index in [1.807, 2.05) is 13.8 Å². The van der Waals surface area contributed by atoms with Crippen LogP contribution in [0.15, 0.2) is 34.1 Å². The summed E-state index contributed by atoms with van der Waals surface area (Å²) in [4.78, 5) is 44.6. The summed E-state index contributed by atoms with van der Waals surface area (Å²) in [7, 11) is -11.1. The van der Waals surface area contributed by atoms with Gasteiger partial charge in [-0.15, -0.1) is 23.5 Å². The van der Waals surface area contributed by atoms with Gasteiger partial charge in [0.1, 0.15) is 0 Å². The van der Waals surface area contributed by atoms with Gasteiger partial charge in [0.05, 0.1) is 4.73 Å². The van der Waals surface area contributed by atoms with Crippen LogP contribution >= 0.6 is 38.7 Å². The van der Waals surface area contributed by atoms with Crippen molar-refractivity contribution in [1.82, 2.24) is 0 Å². The Bertz CT molecular complexity index is 513. The predicted octanol–water partition coefficient (Wildman–Crippen LogP) is 0.390. The highest BCUT2D eigenvalue weighted by atomic mass is 32.2. The topological polar surface area (TPSA) is 126 Å². The van der Waals surface area contributed by atoms with Gasteiger partial charge in [0.25, 0.3) is 0 Å². The lowest BCUT2D eigenvalue weighted by atomic mass is 10.4. The van der Waals surface area contributed by atoms with E-state index in [9.17, 15) is 28.7 Å². The van der Waals surface area contributed by atoms with Crippen molar-refractivity contribution in [3.05, 3.63) is 24.3 Å². The van der Waals surface area contributed by atoms with E-state index >= 15 is 0 Å². The summed E-state index contributed by atoms with van der Waals surface area (Å²) < 4.78 is 19.2. The molecule has 0 fully saturated rings. The van der Waals surface area contributed by atoms with Gasteiger partial charge in [0, 0.05) is 15.0 Å². The summed E-state index contributed by atoms with van der Waals surface area (Å²) in [5, 5.41) is 0.355. The lowest BCUT2D eigenvalue weighted by Gasteiger charge is -2.48. The second-order valence-electron chi connectivity index (χ2n) is 4.16. The van der Waals surface area contributed by atoms with Crippen molar-refractivity contribution in [2.75, 3.05) is 0 Å². The molecule has 1 aromatic rings. The number of hydrogen-bond acceptors (Lipinski definition) is 8. The molecule has 0 aliphatic rings. The second kappa shape index (κ2) is 6.99. The first-order chi connectivity index (χ1) is 9.00. The van der Waals surface area contributed by atoms with Gasteiger partial charge in [-0.25, -0.2) is 0 Å². The summed E-state index contributed by atoms with van der Waals surface area (Å²) in [6.45, 7) is 4.00. The van der Waals surface area contributed by atoms with Crippen molar-refractivity contribution in [2.45, 2.75) is 33.6 Å². The molecule has 0 aliphatic heterocycles. The fourth-order valence-corrected chi connectivity index (χ4v) is 5.82. The Balaban J connectivity index is 2.91. The Morgan fingerprint density at radius 1 is 0.850 bits per heavy atom. The van der Waals surface area contributed by atoms with Crippen LogP contribution in [0.25, 0.3) is 0 Å². The smallest absolute Gasteiger partial charge is 0.0644 e. The Kier molecular flexibility index (Phi) is 6.38. The van der Waals surface area contributed by atoms with Crippen LogP contribution in [-0.2, 0) is 9.13 Å². The zero-order valence-corrected chi connectivity index (χ0v) is 14.0. The summed E-state index contributed by atoms with van der Waals surface area (Å²) in [5.74, 6) is 0. The quantitative estimate of drug-likeness (QED) is 0.530. The van der Waals surface area contributed by atoms with Gasteiger partial charge < -0.3 is 28.7 Å². The second-order valence-corrected chi connectivity index (χ2v) is 11.3. The largest absolute Gasteiger partial charge is 0.810 e. The van der Waals surface area contributed by atoms with Crippen LogP contribution in [0.5, 0.6) is 0 Å². The number of hydrogen-bond donors (Lipinski definition) is 0. The van der Waals surface area contributed by atoms with E-state index in [1.165, 1.54) is 12.1 Å². The van der Waals surface area contributed by atoms with Crippen LogP contribution in [0.1, 0.15) is 13.8 Å². The normalized spacial score (nSPS) is 13.2. The van der Waals surface area contributed by atoms with E-state index in [4.69, 9.17) is 0 Å².